The van der Waals surface area contributed by atoms with Gasteiger partial charge in [-0.1, -0.05) is 25.0 Å². The maximum atomic E-state index is 6.17. The molecule has 2 heteroatoms. The standard InChI is InChI=1S/C13H20N2/c1-10(14)13(8-2-3-9-13)11-4-6-12(15)7-5-11/h4-7,10H,2-3,8-9,14-15H2,1H3. The molecule has 1 aromatic rings. The Morgan fingerprint density at radius 3 is 2.13 bits per heavy atom. The van der Waals surface area contributed by atoms with Gasteiger partial charge in [0.05, 0.1) is 0 Å². The van der Waals surface area contributed by atoms with E-state index in [1.165, 1.54) is 31.2 Å². The molecule has 0 heterocycles. The van der Waals surface area contributed by atoms with E-state index in [-0.39, 0.29) is 11.5 Å². The molecule has 1 aliphatic carbocycles. The van der Waals surface area contributed by atoms with Crippen molar-refractivity contribution in [1.29, 1.82) is 0 Å². The SMILES string of the molecule is CC(N)C1(c2ccc(N)cc2)CCCC1. The molecular formula is C13H20N2. The third-order valence-electron chi connectivity index (χ3n) is 3.85. The van der Waals surface area contributed by atoms with Crippen LogP contribution in [0, 0.1) is 0 Å². The molecule has 1 aliphatic rings. The van der Waals surface area contributed by atoms with E-state index in [9.17, 15) is 0 Å². The van der Waals surface area contributed by atoms with Crippen molar-refractivity contribution < 1.29 is 0 Å². The van der Waals surface area contributed by atoms with Crippen LogP contribution in [-0.2, 0) is 5.41 Å². The fraction of sp³-hybridized carbons (Fsp3) is 0.538. The molecule has 4 N–H and O–H groups in total. The van der Waals surface area contributed by atoms with Gasteiger partial charge in [-0.25, -0.2) is 0 Å². The highest BCUT2D eigenvalue weighted by Gasteiger charge is 2.38. The molecule has 2 nitrogen and oxygen atoms in total. The summed E-state index contributed by atoms with van der Waals surface area (Å²) < 4.78 is 0. The molecule has 0 bridgehead atoms. The van der Waals surface area contributed by atoms with Crippen molar-refractivity contribution in [3.05, 3.63) is 29.8 Å². The van der Waals surface area contributed by atoms with E-state index in [0.717, 1.165) is 5.69 Å². The largest absolute Gasteiger partial charge is 0.399 e. The Labute approximate surface area is 91.7 Å². The minimum atomic E-state index is 0.202. The molecule has 0 saturated heterocycles. The van der Waals surface area contributed by atoms with E-state index >= 15 is 0 Å². The Morgan fingerprint density at radius 1 is 1.13 bits per heavy atom. The fourth-order valence-electron chi connectivity index (χ4n) is 2.83. The average molecular weight is 204 g/mol. The van der Waals surface area contributed by atoms with E-state index in [1.807, 2.05) is 12.1 Å². The minimum Gasteiger partial charge on any atom is -0.399 e. The quantitative estimate of drug-likeness (QED) is 0.727. The molecule has 82 valence electrons. The summed E-state index contributed by atoms with van der Waals surface area (Å²) in [7, 11) is 0. The van der Waals surface area contributed by atoms with Gasteiger partial charge in [0.25, 0.3) is 0 Å². The highest BCUT2D eigenvalue weighted by molar-refractivity contribution is 5.42. The normalized spacial score (nSPS) is 21.5. The van der Waals surface area contributed by atoms with Crippen molar-refractivity contribution in [2.75, 3.05) is 5.73 Å². The van der Waals surface area contributed by atoms with Crippen molar-refractivity contribution in [3.63, 3.8) is 0 Å². The summed E-state index contributed by atoms with van der Waals surface area (Å²) in [6.07, 6.45) is 5.03. The predicted octanol–water partition coefficient (Wildman–Crippen LogP) is 2.43. The number of anilines is 1. The van der Waals surface area contributed by atoms with Crippen LogP contribution in [-0.4, -0.2) is 6.04 Å². The minimum absolute atomic E-state index is 0.202. The van der Waals surface area contributed by atoms with Crippen LogP contribution in [0.4, 0.5) is 5.69 Å². The maximum absolute atomic E-state index is 6.17. The smallest absolute Gasteiger partial charge is 0.0314 e. The Kier molecular flexibility index (Phi) is 2.70. The number of benzene rings is 1. The van der Waals surface area contributed by atoms with Gasteiger partial charge in [-0.05, 0) is 37.5 Å². The average Bonchev–Trinajstić information content (AvgIpc) is 2.69. The van der Waals surface area contributed by atoms with Crippen molar-refractivity contribution in [2.24, 2.45) is 5.73 Å². The summed E-state index contributed by atoms with van der Waals surface area (Å²) in [5, 5.41) is 0. The number of hydrogen-bond acceptors (Lipinski definition) is 2. The zero-order valence-corrected chi connectivity index (χ0v) is 9.37. The van der Waals surface area contributed by atoms with Crippen LogP contribution in [0.3, 0.4) is 0 Å². The lowest BCUT2D eigenvalue weighted by atomic mass is 9.74. The van der Waals surface area contributed by atoms with Crippen LogP contribution < -0.4 is 11.5 Å². The molecule has 0 spiro atoms. The molecule has 15 heavy (non-hydrogen) atoms. The molecule has 0 amide bonds. The van der Waals surface area contributed by atoms with Gasteiger partial charge >= 0.3 is 0 Å². The number of nitrogen functional groups attached to an aromatic ring is 1. The summed E-state index contributed by atoms with van der Waals surface area (Å²) >= 11 is 0. The summed E-state index contributed by atoms with van der Waals surface area (Å²) in [5.41, 5.74) is 14.3. The monoisotopic (exact) mass is 204 g/mol. The van der Waals surface area contributed by atoms with Crippen LogP contribution in [0.5, 0.6) is 0 Å². The van der Waals surface area contributed by atoms with Crippen LogP contribution >= 0.6 is 0 Å². The highest BCUT2D eigenvalue weighted by atomic mass is 14.7. The molecule has 2 rings (SSSR count). The Morgan fingerprint density at radius 2 is 1.67 bits per heavy atom. The second kappa shape index (κ2) is 3.86. The van der Waals surface area contributed by atoms with E-state index in [4.69, 9.17) is 11.5 Å². The Bertz CT molecular complexity index is 321. The van der Waals surface area contributed by atoms with Crippen molar-refractivity contribution >= 4 is 5.69 Å². The van der Waals surface area contributed by atoms with Gasteiger partial charge in [-0.3, -0.25) is 0 Å². The van der Waals surface area contributed by atoms with Gasteiger partial charge < -0.3 is 11.5 Å². The number of rotatable bonds is 2. The first kappa shape index (κ1) is 10.5. The lowest BCUT2D eigenvalue weighted by molar-refractivity contribution is 0.368. The third-order valence-corrected chi connectivity index (χ3v) is 3.85. The van der Waals surface area contributed by atoms with Crippen molar-refractivity contribution in [3.8, 4) is 0 Å². The number of nitrogens with two attached hydrogens (primary N) is 2. The van der Waals surface area contributed by atoms with Gasteiger partial charge in [0.1, 0.15) is 0 Å². The lowest BCUT2D eigenvalue weighted by Crippen LogP contribution is -2.41. The van der Waals surface area contributed by atoms with Gasteiger partial charge in [0.15, 0.2) is 0 Å². The van der Waals surface area contributed by atoms with E-state index < -0.39 is 0 Å². The van der Waals surface area contributed by atoms with E-state index in [0.29, 0.717) is 0 Å². The lowest BCUT2D eigenvalue weighted by Gasteiger charge is -2.34. The summed E-state index contributed by atoms with van der Waals surface area (Å²) in [6, 6.07) is 8.48. The van der Waals surface area contributed by atoms with Gasteiger partial charge in [-0.2, -0.15) is 0 Å². The Balaban J connectivity index is 2.36. The zero-order chi connectivity index (χ0) is 10.9. The first-order chi connectivity index (χ1) is 7.15. The molecule has 1 saturated carbocycles. The third kappa shape index (κ3) is 1.74. The topological polar surface area (TPSA) is 52.0 Å². The Hall–Kier alpha value is -1.02. The van der Waals surface area contributed by atoms with Gasteiger partial charge in [-0.15, -0.1) is 0 Å². The summed E-state index contributed by atoms with van der Waals surface area (Å²) in [4.78, 5) is 0. The van der Waals surface area contributed by atoms with Gasteiger partial charge in [0, 0.05) is 17.1 Å². The summed E-state index contributed by atoms with van der Waals surface area (Å²) in [6.45, 7) is 2.13. The molecule has 1 atom stereocenters. The van der Waals surface area contributed by atoms with E-state index in [1.54, 1.807) is 0 Å². The highest BCUT2D eigenvalue weighted by Crippen LogP contribution is 2.43. The molecule has 0 aromatic heterocycles. The van der Waals surface area contributed by atoms with Crippen LogP contribution in [0.15, 0.2) is 24.3 Å². The van der Waals surface area contributed by atoms with Crippen LogP contribution in [0.25, 0.3) is 0 Å². The first-order valence-electron chi connectivity index (χ1n) is 5.77. The molecule has 0 aliphatic heterocycles. The molecule has 0 radical (unpaired) electrons. The van der Waals surface area contributed by atoms with Crippen molar-refractivity contribution in [2.45, 2.75) is 44.1 Å². The molecule has 1 unspecified atom stereocenters. The molecular weight excluding hydrogens is 184 g/mol. The van der Waals surface area contributed by atoms with E-state index in [2.05, 4.69) is 19.1 Å². The van der Waals surface area contributed by atoms with Crippen molar-refractivity contribution in [1.82, 2.24) is 0 Å². The number of hydrogen-bond donors (Lipinski definition) is 2. The summed E-state index contributed by atoms with van der Waals surface area (Å²) in [5.74, 6) is 0. The van der Waals surface area contributed by atoms with Crippen LogP contribution in [0.2, 0.25) is 0 Å². The first-order valence-corrected chi connectivity index (χ1v) is 5.77. The maximum Gasteiger partial charge on any atom is 0.0314 e. The van der Waals surface area contributed by atoms with Gasteiger partial charge in [0.2, 0.25) is 0 Å². The zero-order valence-electron chi connectivity index (χ0n) is 9.37. The van der Waals surface area contributed by atoms with Crippen LogP contribution in [0.1, 0.15) is 38.2 Å². The fourth-order valence-corrected chi connectivity index (χ4v) is 2.83. The second-order valence-corrected chi connectivity index (χ2v) is 4.77. The predicted molar refractivity (Wildman–Crippen MR) is 64.6 cm³/mol. The molecule has 1 fully saturated rings. The second-order valence-electron chi connectivity index (χ2n) is 4.77. The molecule has 1 aromatic carbocycles.